The number of nitrogens with zero attached hydrogens (tertiary/aromatic N) is 4. The molecule has 0 spiro atoms. The standard InChI is InChI=1S/C21H17FN6O2/c1-30-20-23-8-14(9-24-20)19-16-6-13-11-28(10-12-2-4-15(22)5-3-12)21(29)25-17(13)7-18(16)26-27-19/h2-9H,10-11H2,1H3,(H,25,29)(H,26,27). The van der Waals surface area contributed by atoms with E-state index in [4.69, 9.17) is 4.74 Å². The maximum absolute atomic E-state index is 13.2. The van der Waals surface area contributed by atoms with Gasteiger partial charge in [0.25, 0.3) is 0 Å². The van der Waals surface area contributed by atoms with Crippen molar-refractivity contribution in [1.82, 2.24) is 25.1 Å². The summed E-state index contributed by atoms with van der Waals surface area (Å²) in [6.45, 7) is 0.812. The van der Waals surface area contributed by atoms with Crippen molar-refractivity contribution in [3.05, 3.63) is 65.7 Å². The molecule has 2 aromatic heterocycles. The number of ether oxygens (including phenoxy) is 1. The number of methoxy groups -OCH3 is 1. The Morgan fingerprint density at radius 3 is 2.67 bits per heavy atom. The van der Waals surface area contributed by atoms with Crippen molar-refractivity contribution in [2.75, 3.05) is 12.4 Å². The number of amides is 2. The first-order valence-corrected chi connectivity index (χ1v) is 9.28. The van der Waals surface area contributed by atoms with Gasteiger partial charge in [-0.1, -0.05) is 12.1 Å². The number of benzene rings is 2. The molecule has 1 aliphatic rings. The largest absolute Gasteiger partial charge is 0.467 e. The van der Waals surface area contributed by atoms with Crippen LogP contribution in [0.15, 0.2) is 48.8 Å². The van der Waals surface area contributed by atoms with E-state index in [9.17, 15) is 9.18 Å². The molecule has 150 valence electrons. The zero-order valence-electron chi connectivity index (χ0n) is 16.0. The lowest BCUT2D eigenvalue weighted by Crippen LogP contribution is -2.38. The number of carbonyl (C=O) groups excluding carboxylic acids is 1. The lowest BCUT2D eigenvalue weighted by atomic mass is 10.0. The van der Waals surface area contributed by atoms with Gasteiger partial charge < -0.3 is 15.0 Å². The van der Waals surface area contributed by atoms with Crippen molar-refractivity contribution >= 4 is 22.6 Å². The van der Waals surface area contributed by atoms with Crippen LogP contribution in [0.4, 0.5) is 14.9 Å². The van der Waals surface area contributed by atoms with Crippen LogP contribution in [0, 0.1) is 5.82 Å². The quantitative estimate of drug-likeness (QED) is 0.541. The minimum Gasteiger partial charge on any atom is -0.467 e. The van der Waals surface area contributed by atoms with E-state index >= 15 is 0 Å². The van der Waals surface area contributed by atoms with E-state index in [1.807, 2.05) is 12.1 Å². The molecule has 0 bridgehead atoms. The molecule has 4 aromatic rings. The topological polar surface area (TPSA) is 96.0 Å². The van der Waals surface area contributed by atoms with Crippen molar-refractivity contribution in [2.24, 2.45) is 0 Å². The number of fused-ring (bicyclic) bond motifs is 2. The molecule has 3 heterocycles. The molecule has 8 nitrogen and oxygen atoms in total. The summed E-state index contributed by atoms with van der Waals surface area (Å²) in [5.41, 5.74) is 4.83. The molecule has 1 aliphatic heterocycles. The third-order valence-electron chi connectivity index (χ3n) is 5.05. The Morgan fingerprint density at radius 2 is 1.93 bits per heavy atom. The summed E-state index contributed by atoms with van der Waals surface area (Å²) in [6, 6.07) is 10.1. The molecular weight excluding hydrogens is 387 g/mol. The number of aromatic nitrogens is 4. The zero-order chi connectivity index (χ0) is 20.7. The third kappa shape index (κ3) is 3.20. The third-order valence-corrected chi connectivity index (χ3v) is 5.05. The molecule has 0 unspecified atom stereocenters. The predicted molar refractivity (Wildman–Crippen MR) is 108 cm³/mol. The molecule has 0 atom stereocenters. The normalized spacial score (nSPS) is 13.3. The number of halogens is 1. The monoisotopic (exact) mass is 404 g/mol. The van der Waals surface area contributed by atoms with Crippen LogP contribution in [0.3, 0.4) is 0 Å². The van der Waals surface area contributed by atoms with E-state index in [0.29, 0.717) is 13.1 Å². The first-order chi connectivity index (χ1) is 14.6. The summed E-state index contributed by atoms with van der Waals surface area (Å²) in [4.78, 5) is 22.5. The summed E-state index contributed by atoms with van der Waals surface area (Å²) in [5.74, 6) is -0.301. The van der Waals surface area contributed by atoms with Gasteiger partial charge in [0.05, 0.1) is 12.6 Å². The van der Waals surface area contributed by atoms with Crippen LogP contribution < -0.4 is 10.1 Å². The fourth-order valence-electron chi connectivity index (χ4n) is 3.53. The average Bonchev–Trinajstić information content (AvgIpc) is 3.17. The smallest absolute Gasteiger partial charge is 0.322 e. The molecule has 0 fully saturated rings. The number of hydrogen-bond acceptors (Lipinski definition) is 5. The van der Waals surface area contributed by atoms with E-state index in [1.54, 1.807) is 29.4 Å². The Hall–Kier alpha value is -4.01. The van der Waals surface area contributed by atoms with Gasteiger partial charge in [-0.25, -0.2) is 19.2 Å². The molecule has 0 radical (unpaired) electrons. The SMILES string of the molecule is COc1ncc(-c2n[nH]c3cc4c(cc23)CN(Cc2ccc(F)cc2)C(=O)N4)cn1. The molecule has 2 aromatic carbocycles. The fourth-order valence-corrected chi connectivity index (χ4v) is 3.53. The number of nitrogens with one attached hydrogen (secondary N) is 2. The lowest BCUT2D eigenvalue weighted by Gasteiger charge is -2.29. The second-order valence-electron chi connectivity index (χ2n) is 7.00. The highest BCUT2D eigenvalue weighted by Gasteiger charge is 2.24. The van der Waals surface area contributed by atoms with E-state index < -0.39 is 0 Å². The lowest BCUT2D eigenvalue weighted by molar-refractivity contribution is 0.204. The van der Waals surface area contributed by atoms with Gasteiger partial charge >= 0.3 is 12.0 Å². The van der Waals surface area contributed by atoms with Gasteiger partial charge in [0.2, 0.25) is 0 Å². The summed E-state index contributed by atoms with van der Waals surface area (Å²) < 4.78 is 18.2. The Morgan fingerprint density at radius 1 is 1.17 bits per heavy atom. The predicted octanol–water partition coefficient (Wildman–Crippen LogP) is 3.72. The van der Waals surface area contributed by atoms with Crippen molar-refractivity contribution in [2.45, 2.75) is 13.1 Å². The van der Waals surface area contributed by atoms with Crippen LogP contribution in [0.5, 0.6) is 6.01 Å². The van der Waals surface area contributed by atoms with Crippen LogP contribution in [-0.2, 0) is 13.1 Å². The maximum atomic E-state index is 13.2. The summed E-state index contributed by atoms with van der Waals surface area (Å²) in [6.07, 6.45) is 3.31. The summed E-state index contributed by atoms with van der Waals surface area (Å²) >= 11 is 0. The maximum Gasteiger partial charge on any atom is 0.322 e. The van der Waals surface area contributed by atoms with Crippen LogP contribution in [0.1, 0.15) is 11.1 Å². The Bertz CT molecular complexity index is 1240. The van der Waals surface area contributed by atoms with Gasteiger partial charge in [-0.2, -0.15) is 5.10 Å². The highest BCUT2D eigenvalue weighted by molar-refractivity contribution is 5.99. The first kappa shape index (κ1) is 18.0. The Labute approximate surface area is 170 Å². The molecule has 5 rings (SSSR count). The van der Waals surface area contributed by atoms with Crippen molar-refractivity contribution in [3.63, 3.8) is 0 Å². The molecule has 2 amide bonds. The van der Waals surface area contributed by atoms with E-state index in [1.165, 1.54) is 19.2 Å². The van der Waals surface area contributed by atoms with Crippen molar-refractivity contribution in [3.8, 4) is 17.3 Å². The molecular formula is C21H17FN6O2. The summed E-state index contributed by atoms with van der Waals surface area (Å²) in [7, 11) is 1.51. The molecule has 0 saturated carbocycles. The van der Waals surface area contributed by atoms with Crippen LogP contribution in [-0.4, -0.2) is 38.2 Å². The highest BCUT2D eigenvalue weighted by atomic mass is 19.1. The van der Waals surface area contributed by atoms with E-state index in [0.717, 1.165) is 39.0 Å². The van der Waals surface area contributed by atoms with Gasteiger partial charge in [-0.15, -0.1) is 0 Å². The minimum atomic E-state index is -0.301. The van der Waals surface area contributed by atoms with Crippen LogP contribution >= 0.6 is 0 Å². The molecule has 30 heavy (non-hydrogen) atoms. The van der Waals surface area contributed by atoms with Gasteiger partial charge in [-0.05, 0) is 35.4 Å². The van der Waals surface area contributed by atoms with Gasteiger partial charge in [0.1, 0.15) is 11.5 Å². The van der Waals surface area contributed by atoms with Crippen molar-refractivity contribution < 1.29 is 13.9 Å². The van der Waals surface area contributed by atoms with Gasteiger partial charge in [0, 0.05) is 42.1 Å². The molecule has 0 saturated heterocycles. The number of hydrogen-bond donors (Lipinski definition) is 2. The fraction of sp³-hybridized carbons (Fsp3) is 0.143. The Balaban J connectivity index is 1.47. The van der Waals surface area contributed by atoms with Crippen LogP contribution in [0.25, 0.3) is 22.2 Å². The van der Waals surface area contributed by atoms with Gasteiger partial charge in [0.15, 0.2) is 0 Å². The van der Waals surface area contributed by atoms with Gasteiger partial charge in [-0.3, -0.25) is 5.10 Å². The zero-order valence-corrected chi connectivity index (χ0v) is 16.0. The number of H-pyrrole nitrogens is 1. The first-order valence-electron chi connectivity index (χ1n) is 9.28. The van der Waals surface area contributed by atoms with E-state index in [-0.39, 0.29) is 17.9 Å². The minimum absolute atomic E-state index is 0.200. The number of aromatic amines is 1. The molecule has 2 N–H and O–H groups in total. The second kappa shape index (κ2) is 7.11. The van der Waals surface area contributed by atoms with Crippen LogP contribution in [0.2, 0.25) is 0 Å². The van der Waals surface area contributed by atoms with Crippen molar-refractivity contribution in [1.29, 1.82) is 0 Å². The molecule has 9 heteroatoms. The summed E-state index contributed by atoms with van der Waals surface area (Å²) in [5, 5.41) is 11.2. The van der Waals surface area contributed by atoms with E-state index in [2.05, 4.69) is 25.5 Å². The number of rotatable bonds is 4. The number of urea groups is 1. The number of anilines is 1. The number of carbonyl (C=O) groups is 1. The molecule has 0 aliphatic carbocycles. The average molecular weight is 404 g/mol. The highest BCUT2D eigenvalue weighted by Crippen LogP contribution is 2.33. The second-order valence-corrected chi connectivity index (χ2v) is 7.00. The Kier molecular flexibility index (Phi) is 4.27.